The maximum Gasteiger partial charge on any atom is 0.230 e. The number of benzene rings is 1. The third kappa shape index (κ3) is 1.48. The molecule has 0 aliphatic heterocycles. The summed E-state index contributed by atoms with van der Waals surface area (Å²) in [5, 5.41) is 2.09. The van der Waals surface area contributed by atoms with E-state index in [-0.39, 0.29) is 5.41 Å². The number of furan rings is 1. The molecule has 0 amide bonds. The van der Waals surface area contributed by atoms with E-state index in [0.717, 1.165) is 27.9 Å². The Bertz CT molecular complexity index is 1110. The average Bonchev–Trinajstić information content (AvgIpc) is 3.00. The van der Waals surface area contributed by atoms with Gasteiger partial charge in [-0.15, -0.1) is 0 Å². The monoisotopic (exact) mass is 301 g/mol. The van der Waals surface area contributed by atoms with Crippen LogP contribution in [0.2, 0.25) is 0 Å². The number of hydrogen-bond acceptors (Lipinski definition) is 4. The maximum absolute atomic E-state index is 5.98. The number of nitrogens with zero attached hydrogens (tertiary/aromatic N) is 3. The van der Waals surface area contributed by atoms with Crippen molar-refractivity contribution in [1.82, 2.24) is 15.0 Å². The van der Waals surface area contributed by atoms with E-state index in [2.05, 4.69) is 40.9 Å². The topological polar surface area (TPSA) is 51.8 Å². The van der Waals surface area contributed by atoms with Gasteiger partial charge in [0.2, 0.25) is 5.71 Å². The molecule has 0 spiro atoms. The zero-order chi connectivity index (χ0) is 15.8. The Morgan fingerprint density at radius 2 is 1.96 bits per heavy atom. The van der Waals surface area contributed by atoms with E-state index in [4.69, 9.17) is 4.42 Å². The summed E-state index contributed by atoms with van der Waals surface area (Å²) in [5.74, 6) is 0.720. The van der Waals surface area contributed by atoms with Crippen LogP contribution in [0, 0.1) is 6.92 Å². The lowest BCUT2D eigenvalue weighted by molar-refractivity contribution is 0.645. The first kappa shape index (κ1) is 12.8. The van der Waals surface area contributed by atoms with Gasteiger partial charge in [0.25, 0.3) is 0 Å². The third-order valence-electron chi connectivity index (χ3n) is 4.88. The van der Waals surface area contributed by atoms with Crippen LogP contribution in [0.1, 0.15) is 30.8 Å². The zero-order valence-corrected chi connectivity index (χ0v) is 13.2. The molecule has 0 radical (unpaired) electrons. The second-order valence-corrected chi connectivity index (χ2v) is 6.62. The van der Waals surface area contributed by atoms with Crippen LogP contribution in [0.5, 0.6) is 0 Å². The van der Waals surface area contributed by atoms with E-state index in [0.29, 0.717) is 5.71 Å². The minimum Gasteiger partial charge on any atom is -0.438 e. The first-order chi connectivity index (χ1) is 11.1. The molecule has 1 aromatic carbocycles. The Kier molecular flexibility index (Phi) is 2.20. The van der Waals surface area contributed by atoms with Gasteiger partial charge in [-0.3, -0.25) is 4.98 Å². The Balaban J connectivity index is 2.00. The van der Waals surface area contributed by atoms with Crippen molar-refractivity contribution in [3.8, 4) is 11.3 Å². The van der Waals surface area contributed by atoms with E-state index in [1.807, 2.05) is 31.5 Å². The van der Waals surface area contributed by atoms with Crippen molar-refractivity contribution in [2.24, 2.45) is 0 Å². The molecule has 3 heterocycles. The molecule has 23 heavy (non-hydrogen) atoms. The van der Waals surface area contributed by atoms with Crippen molar-refractivity contribution in [2.45, 2.75) is 26.2 Å². The molecule has 4 aromatic rings. The van der Waals surface area contributed by atoms with Crippen molar-refractivity contribution in [2.75, 3.05) is 0 Å². The van der Waals surface area contributed by atoms with Crippen molar-refractivity contribution >= 4 is 22.1 Å². The number of fused-ring (bicyclic) bond motifs is 7. The van der Waals surface area contributed by atoms with E-state index >= 15 is 0 Å². The SMILES string of the molecule is Cc1ncc2c(n1)oc1ccc3c(c12)C(C)(C)c1cccnc1-3. The van der Waals surface area contributed by atoms with Gasteiger partial charge in [-0.25, -0.2) is 4.98 Å². The fourth-order valence-electron chi connectivity index (χ4n) is 3.84. The molecule has 0 fully saturated rings. The molecule has 5 rings (SSSR count). The third-order valence-corrected chi connectivity index (χ3v) is 4.88. The Hall–Kier alpha value is -2.75. The molecule has 0 N–H and O–H groups in total. The molecule has 112 valence electrons. The van der Waals surface area contributed by atoms with Crippen LogP contribution in [0.4, 0.5) is 0 Å². The molecule has 0 saturated carbocycles. The van der Waals surface area contributed by atoms with Crippen LogP contribution >= 0.6 is 0 Å². The zero-order valence-electron chi connectivity index (χ0n) is 13.2. The van der Waals surface area contributed by atoms with Crippen molar-refractivity contribution in [3.63, 3.8) is 0 Å². The summed E-state index contributed by atoms with van der Waals surface area (Å²) >= 11 is 0. The minimum absolute atomic E-state index is 0.125. The highest BCUT2D eigenvalue weighted by molar-refractivity contribution is 6.09. The Labute approximate surface area is 133 Å². The lowest BCUT2D eigenvalue weighted by Crippen LogP contribution is -2.15. The van der Waals surface area contributed by atoms with Crippen LogP contribution in [0.25, 0.3) is 33.3 Å². The van der Waals surface area contributed by atoms with Gasteiger partial charge < -0.3 is 4.42 Å². The van der Waals surface area contributed by atoms with E-state index in [1.54, 1.807) is 0 Å². The number of aryl methyl sites for hydroxylation is 1. The maximum atomic E-state index is 5.98. The second-order valence-electron chi connectivity index (χ2n) is 6.62. The molecule has 0 unspecified atom stereocenters. The molecular formula is C19H15N3O. The number of aromatic nitrogens is 3. The number of rotatable bonds is 0. The lowest BCUT2D eigenvalue weighted by Gasteiger charge is -2.21. The van der Waals surface area contributed by atoms with Crippen LogP contribution in [-0.4, -0.2) is 15.0 Å². The predicted octanol–water partition coefficient (Wildman–Crippen LogP) is 4.39. The molecule has 0 saturated heterocycles. The smallest absolute Gasteiger partial charge is 0.230 e. The Morgan fingerprint density at radius 3 is 2.83 bits per heavy atom. The van der Waals surface area contributed by atoms with Crippen molar-refractivity contribution in [3.05, 3.63) is 53.6 Å². The summed E-state index contributed by atoms with van der Waals surface area (Å²) in [6.45, 7) is 6.36. The van der Waals surface area contributed by atoms with E-state index < -0.39 is 0 Å². The number of hydrogen-bond donors (Lipinski definition) is 0. The predicted molar refractivity (Wildman–Crippen MR) is 89.4 cm³/mol. The second kappa shape index (κ2) is 3.96. The van der Waals surface area contributed by atoms with Gasteiger partial charge in [0.1, 0.15) is 11.4 Å². The van der Waals surface area contributed by atoms with Gasteiger partial charge in [-0.05, 0) is 36.2 Å². The van der Waals surface area contributed by atoms with Crippen LogP contribution < -0.4 is 0 Å². The van der Waals surface area contributed by atoms with E-state index in [9.17, 15) is 0 Å². The van der Waals surface area contributed by atoms with Gasteiger partial charge in [0.05, 0.1) is 11.1 Å². The van der Waals surface area contributed by atoms with Gasteiger partial charge >= 0.3 is 0 Å². The molecule has 0 bridgehead atoms. The summed E-state index contributed by atoms with van der Waals surface area (Å²) in [4.78, 5) is 13.4. The molecule has 4 heteroatoms. The molecule has 0 atom stereocenters. The fraction of sp³-hybridized carbons (Fsp3) is 0.211. The number of pyridine rings is 1. The van der Waals surface area contributed by atoms with Gasteiger partial charge in [-0.2, -0.15) is 4.98 Å². The average molecular weight is 301 g/mol. The summed E-state index contributed by atoms with van der Waals surface area (Å²) in [6, 6.07) is 8.30. The van der Waals surface area contributed by atoms with Gasteiger partial charge in [0, 0.05) is 28.8 Å². The fourth-order valence-corrected chi connectivity index (χ4v) is 3.84. The first-order valence-corrected chi connectivity index (χ1v) is 7.72. The first-order valence-electron chi connectivity index (χ1n) is 7.72. The largest absolute Gasteiger partial charge is 0.438 e. The van der Waals surface area contributed by atoms with E-state index in [1.165, 1.54) is 16.7 Å². The summed E-state index contributed by atoms with van der Waals surface area (Å²) in [5.41, 5.74) is 6.15. The lowest BCUT2D eigenvalue weighted by atomic mass is 9.81. The normalized spacial score (nSPS) is 15.1. The molecule has 1 aliphatic rings. The standard InChI is InChI=1S/C19H15N3O/c1-10-21-9-12-15-14(23-18(12)22-10)7-6-11-16(15)19(2,3)13-5-4-8-20-17(11)13/h4-9H,1-3H3. The van der Waals surface area contributed by atoms with Crippen LogP contribution in [0.3, 0.4) is 0 Å². The van der Waals surface area contributed by atoms with Crippen molar-refractivity contribution < 1.29 is 4.42 Å². The highest BCUT2D eigenvalue weighted by Crippen LogP contribution is 2.51. The molecule has 4 nitrogen and oxygen atoms in total. The minimum atomic E-state index is -0.125. The van der Waals surface area contributed by atoms with Gasteiger partial charge in [-0.1, -0.05) is 19.9 Å². The molecular weight excluding hydrogens is 286 g/mol. The highest BCUT2D eigenvalue weighted by Gasteiger charge is 2.38. The summed E-state index contributed by atoms with van der Waals surface area (Å²) in [7, 11) is 0. The van der Waals surface area contributed by atoms with Crippen LogP contribution in [-0.2, 0) is 5.41 Å². The quantitative estimate of drug-likeness (QED) is 0.483. The summed E-state index contributed by atoms with van der Waals surface area (Å²) in [6.07, 6.45) is 3.73. The van der Waals surface area contributed by atoms with Crippen LogP contribution in [0.15, 0.2) is 41.1 Å². The Morgan fingerprint density at radius 1 is 1.09 bits per heavy atom. The summed E-state index contributed by atoms with van der Waals surface area (Å²) < 4.78 is 5.98. The molecule has 3 aromatic heterocycles. The highest BCUT2D eigenvalue weighted by atomic mass is 16.3. The van der Waals surface area contributed by atoms with Crippen molar-refractivity contribution in [1.29, 1.82) is 0 Å². The molecule has 1 aliphatic carbocycles. The van der Waals surface area contributed by atoms with Gasteiger partial charge in [0.15, 0.2) is 0 Å².